The van der Waals surface area contributed by atoms with Crippen molar-refractivity contribution < 1.29 is 0 Å². The summed E-state index contributed by atoms with van der Waals surface area (Å²) >= 11 is 5.81. The van der Waals surface area contributed by atoms with Gasteiger partial charge in [0, 0.05) is 18.8 Å². The van der Waals surface area contributed by atoms with Gasteiger partial charge in [0.25, 0.3) is 0 Å². The number of aryl methyl sites for hydroxylation is 1. The van der Waals surface area contributed by atoms with Gasteiger partial charge in [0.05, 0.1) is 0 Å². The molecule has 0 aromatic carbocycles. The van der Waals surface area contributed by atoms with Crippen molar-refractivity contribution in [1.82, 2.24) is 9.78 Å². The van der Waals surface area contributed by atoms with Gasteiger partial charge in [-0.05, 0) is 5.92 Å². The molecule has 1 aromatic heterocycles. The summed E-state index contributed by atoms with van der Waals surface area (Å²) in [4.78, 5) is 0. The van der Waals surface area contributed by atoms with E-state index in [1.54, 1.807) is 4.68 Å². The van der Waals surface area contributed by atoms with E-state index in [1.165, 1.54) is 0 Å². The van der Waals surface area contributed by atoms with E-state index in [0.29, 0.717) is 11.1 Å². The molecule has 0 radical (unpaired) electrons. The largest absolute Gasteiger partial charge is 0.274 e. The molecule has 0 fully saturated rings. The zero-order valence-corrected chi connectivity index (χ0v) is 7.18. The summed E-state index contributed by atoms with van der Waals surface area (Å²) in [5, 5.41) is 4.64. The van der Waals surface area contributed by atoms with E-state index < -0.39 is 0 Å². The molecule has 1 aromatic rings. The molecular weight excluding hydrogens is 148 g/mol. The van der Waals surface area contributed by atoms with Gasteiger partial charge in [0.15, 0.2) is 5.15 Å². The van der Waals surface area contributed by atoms with Crippen molar-refractivity contribution in [3.05, 3.63) is 16.9 Å². The molecule has 3 heteroatoms. The summed E-state index contributed by atoms with van der Waals surface area (Å²) in [6.45, 7) is 4.20. The first-order valence-corrected chi connectivity index (χ1v) is 3.68. The minimum Gasteiger partial charge on any atom is -0.274 e. The van der Waals surface area contributed by atoms with E-state index in [9.17, 15) is 0 Å². The first-order chi connectivity index (χ1) is 4.61. The standard InChI is InChI=1S/C7H11ClN2/c1-5(2)6-4-10(3)9-7(6)8/h4-5H,1-3H3. The fraction of sp³-hybridized carbons (Fsp3) is 0.571. The molecule has 0 amide bonds. The number of hydrogen-bond donors (Lipinski definition) is 0. The molecule has 0 spiro atoms. The molecule has 0 aliphatic rings. The topological polar surface area (TPSA) is 17.8 Å². The van der Waals surface area contributed by atoms with Crippen molar-refractivity contribution in [1.29, 1.82) is 0 Å². The second kappa shape index (κ2) is 2.62. The Morgan fingerprint density at radius 1 is 1.60 bits per heavy atom. The lowest BCUT2D eigenvalue weighted by atomic mass is 10.1. The van der Waals surface area contributed by atoms with Crippen LogP contribution in [0, 0.1) is 0 Å². The third-order valence-corrected chi connectivity index (χ3v) is 1.73. The molecule has 2 nitrogen and oxygen atoms in total. The van der Waals surface area contributed by atoms with Crippen molar-refractivity contribution >= 4 is 11.6 Å². The molecule has 0 bridgehead atoms. The van der Waals surface area contributed by atoms with Crippen LogP contribution in [-0.4, -0.2) is 9.78 Å². The number of hydrogen-bond acceptors (Lipinski definition) is 1. The van der Waals surface area contributed by atoms with Gasteiger partial charge < -0.3 is 0 Å². The van der Waals surface area contributed by atoms with E-state index in [2.05, 4.69) is 18.9 Å². The molecule has 56 valence electrons. The Hall–Kier alpha value is -0.500. The lowest BCUT2D eigenvalue weighted by molar-refractivity contribution is 0.765. The van der Waals surface area contributed by atoms with Crippen LogP contribution in [0.4, 0.5) is 0 Å². The summed E-state index contributed by atoms with van der Waals surface area (Å²) in [6.07, 6.45) is 1.95. The molecule has 0 N–H and O–H groups in total. The Morgan fingerprint density at radius 3 is 2.40 bits per heavy atom. The first kappa shape index (κ1) is 7.61. The third kappa shape index (κ3) is 1.32. The van der Waals surface area contributed by atoms with Crippen LogP contribution in [-0.2, 0) is 7.05 Å². The molecule has 1 heterocycles. The van der Waals surface area contributed by atoms with E-state index >= 15 is 0 Å². The number of aromatic nitrogens is 2. The van der Waals surface area contributed by atoms with E-state index in [4.69, 9.17) is 11.6 Å². The highest BCUT2D eigenvalue weighted by Crippen LogP contribution is 2.21. The van der Waals surface area contributed by atoms with Crippen LogP contribution in [0.1, 0.15) is 25.3 Å². The van der Waals surface area contributed by atoms with Gasteiger partial charge in [-0.15, -0.1) is 0 Å². The molecule has 0 unspecified atom stereocenters. The maximum Gasteiger partial charge on any atom is 0.154 e. The highest BCUT2D eigenvalue weighted by Gasteiger charge is 2.07. The van der Waals surface area contributed by atoms with Gasteiger partial charge in [0.1, 0.15) is 0 Å². The number of nitrogens with zero attached hydrogens (tertiary/aromatic N) is 2. The van der Waals surface area contributed by atoms with Crippen molar-refractivity contribution in [2.75, 3.05) is 0 Å². The van der Waals surface area contributed by atoms with Crippen molar-refractivity contribution in [2.45, 2.75) is 19.8 Å². The summed E-state index contributed by atoms with van der Waals surface area (Å²) in [6, 6.07) is 0. The lowest BCUT2D eigenvalue weighted by Crippen LogP contribution is -1.85. The van der Waals surface area contributed by atoms with Crippen LogP contribution in [0.3, 0.4) is 0 Å². The van der Waals surface area contributed by atoms with Gasteiger partial charge in [-0.2, -0.15) is 5.10 Å². The molecule has 0 atom stereocenters. The Morgan fingerprint density at radius 2 is 2.20 bits per heavy atom. The predicted molar refractivity (Wildman–Crippen MR) is 42.3 cm³/mol. The maximum atomic E-state index is 5.81. The zero-order valence-electron chi connectivity index (χ0n) is 6.43. The van der Waals surface area contributed by atoms with E-state index in [-0.39, 0.29) is 0 Å². The molecule has 0 aliphatic heterocycles. The highest BCUT2D eigenvalue weighted by atomic mass is 35.5. The van der Waals surface area contributed by atoms with Gasteiger partial charge in [0.2, 0.25) is 0 Å². The normalized spacial score (nSPS) is 10.9. The van der Waals surface area contributed by atoms with Crippen molar-refractivity contribution in [2.24, 2.45) is 7.05 Å². The fourth-order valence-corrected chi connectivity index (χ4v) is 1.25. The summed E-state index contributed by atoms with van der Waals surface area (Å²) < 4.78 is 1.73. The average molecular weight is 159 g/mol. The van der Waals surface area contributed by atoms with Crippen LogP contribution >= 0.6 is 11.6 Å². The molecule has 1 rings (SSSR count). The molecule has 0 aliphatic carbocycles. The average Bonchev–Trinajstić information content (AvgIpc) is 2.10. The summed E-state index contributed by atoms with van der Waals surface area (Å²) in [5.74, 6) is 0.459. The van der Waals surface area contributed by atoms with E-state index in [0.717, 1.165) is 5.56 Å². The van der Waals surface area contributed by atoms with Crippen LogP contribution < -0.4 is 0 Å². The third-order valence-electron chi connectivity index (χ3n) is 1.43. The smallest absolute Gasteiger partial charge is 0.154 e. The van der Waals surface area contributed by atoms with Crippen LogP contribution in [0.15, 0.2) is 6.20 Å². The Kier molecular flexibility index (Phi) is 2.00. The molecule has 0 saturated heterocycles. The molecular formula is C7H11ClN2. The van der Waals surface area contributed by atoms with Crippen molar-refractivity contribution in [3.8, 4) is 0 Å². The van der Waals surface area contributed by atoms with Gasteiger partial charge in [-0.25, -0.2) is 0 Å². The Bertz CT molecular complexity index is 228. The minimum absolute atomic E-state index is 0.459. The van der Waals surface area contributed by atoms with Gasteiger partial charge in [-0.1, -0.05) is 25.4 Å². The molecule has 0 saturated carbocycles. The number of rotatable bonds is 1. The predicted octanol–water partition coefficient (Wildman–Crippen LogP) is 2.20. The summed E-state index contributed by atoms with van der Waals surface area (Å²) in [7, 11) is 1.87. The van der Waals surface area contributed by atoms with Crippen LogP contribution in [0.2, 0.25) is 5.15 Å². The second-order valence-corrected chi connectivity index (χ2v) is 3.06. The SMILES string of the molecule is CC(C)c1cn(C)nc1Cl. The maximum absolute atomic E-state index is 5.81. The summed E-state index contributed by atoms with van der Waals surface area (Å²) in [5.41, 5.74) is 1.11. The quantitative estimate of drug-likeness (QED) is 0.613. The van der Waals surface area contributed by atoms with Gasteiger partial charge >= 0.3 is 0 Å². The fourth-order valence-electron chi connectivity index (χ4n) is 0.867. The van der Waals surface area contributed by atoms with Crippen LogP contribution in [0.25, 0.3) is 0 Å². The monoisotopic (exact) mass is 158 g/mol. The lowest BCUT2D eigenvalue weighted by Gasteiger charge is -1.97. The highest BCUT2D eigenvalue weighted by molar-refractivity contribution is 6.30. The van der Waals surface area contributed by atoms with Crippen LogP contribution in [0.5, 0.6) is 0 Å². The minimum atomic E-state index is 0.459. The number of halogens is 1. The van der Waals surface area contributed by atoms with E-state index in [1.807, 2.05) is 13.2 Å². The first-order valence-electron chi connectivity index (χ1n) is 3.30. The van der Waals surface area contributed by atoms with Gasteiger partial charge in [-0.3, -0.25) is 4.68 Å². The Labute approximate surface area is 65.8 Å². The van der Waals surface area contributed by atoms with Crippen molar-refractivity contribution in [3.63, 3.8) is 0 Å². The Balaban J connectivity index is 3.03. The molecule has 10 heavy (non-hydrogen) atoms. The second-order valence-electron chi connectivity index (χ2n) is 2.70. The zero-order chi connectivity index (χ0) is 7.72.